The largest absolute Gasteiger partial charge is 0.349 e. The third-order valence-corrected chi connectivity index (χ3v) is 4.52. The molecule has 0 spiro atoms. The van der Waals surface area contributed by atoms with Crippen LogP contribution in [0.25, 0.3) is 11.0 Å². The molecule has 4 rings (SSSR count). The Hall–Kier alpha value is -3.52. The van der Waals surface area contributed by atoms with Crippen LogP contribution in [0.5, 0.6) is 0 Å². The second kappa shape index (κ2) is 7.84. The minimum Gasteiger partial charge on any atom is -0.349 e. The Morgan fingerprint density at radius 1 is 1.10 bits per heavy atom. The molecular formula is C20H16ClF2N5O. The molecule has 0 saturated carbocycles. The second-order valence-electron chi connectivity index (χ2n) is 5.95. The number of imidazole rings is 1. The maximum absolute atomic E-state index is 14.1. The van der Waals surface area contributed by atoms with Gasteiger partial charge in [0.2, 0.25) is 0 Å². The number of nitrogens with zero attached hydrogens (tertiary/aromatic N) is 1. The van der Waals surface area contributed by atoms with E-state index in [1.54, 1.807) is 18.2 Å². The fourth-order valence-electron chi connectivity index (χ4n) is 2.84. The van der Waals surface area contributed by atoms with Crippen molar-refractivity contribution < 1.29 is 8.78 Å². The molecule has 0 atom stereocenters. The second-order valence-corrected chi connectivity index (χ2v) is 6.35. The zero-order chi connectivity index (χ0) is 19.8. The highest BCUT2D eigenvalue weighted by molar-refractivity contribution is 6.34. The molecule has 0 radical (unpaired) electrons. The highest BCUT2D eigenvalue weighted by Gasteiger charge is 2.20. The van der Waals surface area contributed by atoms with E-state index in [2.05, 4.69) is 20.3 Å². The van der Waals surface area contributed by atoms with Crippen LogP contribution in [-0.4, -0.2) is 20.7 Å². The van der Waals surface area contributed by atoms with Gasteiger partial charge < -0.3 is 15.3 Å². The zero-order valence-electron chi connectivity index (χ0n) is 14.1. The SMILES string of the molecule is C.N=C(c1ccc2nc[nH]c2c1)c1c(Nc2c(F)cccc2F)c(Cl)c[nH]c1=O. The van der Waals surface area contributed by atoms with Crippen molar-refractivity contribution >= 4 is 39.7 Å². The molecule has 4 N–H and O–H groups in total. The number of hydrogen-bond acceptors (Lipinski definition) is 4. The average molecular weight is 416 g/mol. The smallest absolute Gasteiger partial charge is 0.259 e. The molecule has 4 aromatic rings. The Bertz CT molecular complexity index is 1260. The first-order valence-corrected chi connectivity index (χ1v) is 8.48. The van der Waals surface area contributed by atoms with Gasteiger partial charge in [-0.15, -0.1) is 0 Å². The van der Waals surface area contributed by atoms with Crippen molar-refractivity contribution in [1.82, 2.24) is 15.0 Å². The number of hydrogen-bond donors (Lipinski definition) is 4. The molecule has 148 valence electrons. The maximum Gasteiger partial charge on any atom is 0.259 e. The molecule has 0 aliphatic rings. The molecule has 29 heavy (non-hydrogen) atoms. The number of aromatic amines is 2. The molecule has 2 heterocycles. The van der Waals surface area contributed by atoms with Gasteiger partial charge in [-0.25, -0.2) is 13.8 Å². The molecule has 0 unspecified atom stereocenters. The van der Waals surface area contributed by atoms with Crippen molar-refractivity contribution in [3.8, 4) is 0 Å². The van der Waals surface area contributed by atoms with E-state index in [0.717, 1.165) is 12.1 Å². The van der Waals surface area contributed by atoms with E-state index in [0.29, 0.717) is 16.6 Å². The van der Waals surface area contributed by atoms with Crippen LogP contribution in [0, 0.1) is 17.0 Å². The van der Waals surface area contributed by atoms with Gasteiger partial charge in [-0.3, -0.25) is 10.2 Å². The van der Waals surface area contributed by atoms with Crippen molar-refractivity contribution in [3.63, 3.8) is 0 Å². The van der Waals surface area contributed by atoms with Crippen LogP contribution in [-0.2, 0) is 0 Å². The number of H-pyrrole nitrogens is 2. The molecule has 0 aliphatic heterocycles. The number of benzene rings is 2. The molecule has 6 nitrogen and oxygen atoms in total. The van der Waals surface area contributed by atoms with Crippen molar-refractivity contribution in [2.24, 2.45) is 0 Å². The molecule has 0 bridgehead atoms. The van der Waals surface area contributed by atoms with Crippen LogP contribution in [0.2, 0.25) is 5.02 Å². The lowest BCUT2D eigenvalue weighted by Gasteiger charge is -2.15. The summed E-state index contributed by atoms with van der Waals surface area (Å²) in [5.74, 6) is -1.71. The summed E-state index contributed by atoms with van der Waals surface area (Å²) >= 11 is 6.17. The quantitative estimate of drug-likeness (QED) is 0.354. The number of fused-ring (bicyclic) bond motifs is 1. The Morgan fingerprint density at radius 2 is 1.83 bits per heavy atom. The van der Waals surface area contributed by atoms with Crippen LogP contribution >= 0.6 is 11.6 Å². The fraction of sp³-hybridized carbons (Fsp3) is 0.0500. The molecule has 0 aliphatic carbocycles. The van der Waals surface area contributed by atoms with Crippen molar-refractivity contribution in [1.29, 1.82) is 5.41 Å². The zero-order valence-corrected chi connectivity index (χ0v) is 14.9. The van der Waals surface area contributed by atoms with Gasteiger partial charge >= 0.3 is 0 Å². The van der Waals surface area contributed by atoms with Crippen LogP contribution in [0.4, 0.5) is 20.2 Å². The van der Waals surface area contributed by atoms with E-state index in [4.69, 9.17) is 17.0 Å². The first-order valence-electron chi connectivity index (χ1n) is 8.10. The van der Waals surface area contributed by atoms with Crippen molar-refractivity contribution in [2.45, 2.75) is 7.43 Å². The fourth-order valence-corrected chi connectivity index (χ4v) is 3.04. The van der Waals surface area contributed by atoms with E-state index in [9.17, 15) is 13.6 Å². The number of halogens is 3. The lowest BCUT2D eigenvalue weighted by molar-refractivity contribution is 0.591. The summed E-state index contributed by atoms with van der Waals surface area (Å²) in [6, 6.07) is 8.33. The number of rotatable bonds is 4. The van der Waals surface area contributed by atoms with E-state index >= 15 is 0 Å². The predicted molar refractivity (Wildman–Crippen MR) is 110 cm³/mol. The van der Waals surface area contributed by atoms with E-state index < -0.39 is 22.9 Å². The molecular weight excluding hydrogens is 400 g/mol. The molecule has 2 aromatic carbocycles. The number of aromatic nitrogens is 3. The minimum atomic E-state index is -0.854. The van der Waals surface area contributed by atoms with Gasteiger partial charge in [0.15, 0.2) is 0 Å². The molecule has 2 aromatic heterocycles. The van der Waals surface area contributed by atoms with E-state index in [1.165, 1.54) is 18.6 Å². The van der Waals surface area contributed by atoms with E-state index in [1.807, 2.05) is 0 Å². The lowest BCUT2D eigenvalue weighted by Crippen LogP contribution is -2.21. The summed E-state index contributed by atoms with van der Waals surface area (Å²) in [5.41, 5.74) is 0.310. The summed E-state index contributed by atoms with van der Waals surface area (Å²) in [6.07, 6.45) is 2.71. The normalized spacial score (nSPS) is 10.6. The summed E-state index contributed by atoms with van der Waals surface area (Å²) in [4.78, 5) is 21.9. The van der Waals surface area contributed by atoms with Crippen LogP contribution < -0.4 is 10.9 Å². The first-order chi connectivity index (χ1) is 13.5. The Labute approximate surface area is 169 Å². The third-order valence-electron chi connectivity index (χ3n) is 4.22. The van der Waals surface area contributed by atoms with Gasteiger partial charge in [0.25, 0.3) is 5.56 Å². The number of para-hydroxylation sites is 1. The molecule has 0 amide bonds. The molecule has 0 saturated heterocycles. The van der Waals surface area contributed by atoms with E-state index in [-0.39, 0.29) is 29.4 Å². The van der Waals surface area contributed by atoms with Gasteiger partial charge in [0.1, 0.15) is 17.3 Å². The predicted octanol–water partition coefficient (Wildman–Crippen LogP) is 4.98. The van der Waals surface area contributed by atoms with Gasteiger partial charge in [0, 0.05) is 11.8 Å². The summed E-state index contributed by atoms with van der Waals surface area (Å²) < 4.78 is 28.1. The third kappa shape index (κ3) is 3.62. The highest BCUT2D eigenvalue weighted by atomic mass is 35.5. The van der Waals surface area contributed by atoms with Crippen LogP contribution in [0.15, 0.2) is 53.7 Å². The average Bonchev–Trinajstić information content (AvgIpc) is 3.14. The molecule has 0 fully saturated rings. The number of nitrogens with one attached hydrogen (secondary N) is 4. The van der Waals surface area contributed by atoms with Gasteiger partial charge in [-0.05, 0) is 24.3 Å². The Balaban J connectivity index is 0.00000240. The minimum absolute atomic E-state index is 0. The summed E-state index contributed by atoms with van der Waals surface area (Å²) in [6.45, 7) is 0. The monoisotopic (exact) mass is 415 g/mol. The maximum atomic E-state index is 14.1. The van der Waals surface area contributed by atoms with Gasteiger partial charge in [-0.2, -0.15) is 0 Å². The van der Waals surface area contributed by atoms with Crippen molar-refractivity contribution in [3.05, 3.63) is 87.1 Å². The Morgan fingerprint density at radius 3 is 2.55 bits per heavy atom. The van der Waals surface area contributed by atoms with Gasteiger partial charge in [-0.1, -0.05) is 31.2 Å². The molecule has 9 heteroatoms. The van der Waals surface area contributed by atoms with Gasteiger partial charge in [0.05, 0.1) is 39.3 Å². The highest BCUT2D eigenvalue weighted by Crippen LogP contribution is 2.31. The summed E-state index contributed by atoms with van der Waals surface area (Å²) in [7, 11) is 0. The lowest BCUT2D eigenvalue weighted by atomic mass is 10.0. The number of pyridine rings is 1. The topological polar surface area (TPSA) is 97.4 Å². The van der Waals surface area contributed by atoms with Crippen LogP contribution in [0.1, 0.15) is 18.6 Å². The van der Waals surface area contributed by atoms with Crippen molar-refractivity contribution in [2.75, 3.05) is 5.32 Å². The van der Waals surface area contributed by atoms with Crippen LogP contribution in [0.3, 0.4) is 0 Å². The number of anilines is 2. The first kappa shape index (κ1) is 20.2. The standard InChI is InChI=1S/C19H12ClF2N5O.CH4/c20-10-7-24-19(28)15(17(10)27-18-11(21)2-1-3-12(18)22)16(23)9-4-5-13-14(6-9)26-8-25-13;/h1-8,23H,(H,25,26)(H2,24,27,28);1H4. The Kier molecular flexibility index (Phi) is 5.47. The summed E-state index contributed by atoms with van der Waals surface area (Å²) in [5, 5.41) is 11.1.